The summed E-state index contributed by atoms with van der Waals surface area (Å²) in [6.45, 7) is 7.01. The number of ether oxygens (including phenoxy) is 1. The number of amides is 4. The van der Waals surface area contributed by atoms with E-state index in [1.807, 2.05) is 84.6 Å². The molecule has 286 valence electrons. The van der Waals surface area contributed by atoms with Crippen LogP contribution in [0, 0.1) is 11.8 Å². The van der Waals surface area contributed by atoms with Gasteiger partial charge < -0.3 is 34.5 Å². The number of benzene rings is 3. The lowest BCUT2D eigenvalue weighted by atomic mass is 9.70. The van der Waals surface area contributed by atoms with Crippen LogP contribution in [-0.4, -0.2) is 76.7 Å². The number of aliphatic hydroxyl groups is 2. The largest absolute Gasteiger partial charge is 0.395 e. The second-order valence-corrected chi connectivity index (χ2v) is 15.9. The van der Waals surface area contributed by atoms with Crippen LogP contribution in [0.1, 0.15) is 82.4 Å². The molecule has 4 aliphatic heterocycles. The van der Waals surface area contributed by atoms with Gasteiger partial charge in [-0.1, -0.05) is 49.4 Å². The number of nitrogens with zero attached hydrogens (tertiary/aromatic N) is 4. The Morgan fingerprint density at radius 3 is 2.11 bits per heavy atom. The summed E-state index contributed by atoms with van der Waals surface area (Å²) >= 11 is 0. The van der Waals surface area contributed by atoms with Crippen LogP contribution in [-0.2, 0) is 42.6 Å². The molecule has 3 aromatic rings. The van der Waals surface area contributed by atoms with E-state index in [0.717, 1.165) is 42.5 Å². The van der Waals surface area contributed by atoms with Gasteiger partial charge in [0.2, 0.25) is 17.7 Å². The molecule has 4 atom stereocenters. The number of carbonyl (C=O) groups excluding carboxylic acids is 4. The van der Waals surface area contributed by atoms with Crippen LogP contribution in [0.4, 0.5) is 17.1 Å². The number of fused-ring (bicyclic) bond motifs is 2. The minimum atomic E-state index is -1.54. The Balaban J connectivity index is 1.24. The molecule has 54 heavy (non-hydrogen) atoms. The van der Waals surface area contributed by atoms with Crippen molar-refractivity contribution >= 4 is 40.7 Å². The summed E-state index contributed by atoms with van der Waals surface area (Å²) in [4.78, 5) is 61.8. The van der Waals surface area contributed by atoms with Gasteiger partial charge in [-0.2, -0.15) is 0 Å². The predicted molar refractivity (Wildman–Crippen MR) is 206 cm³/mol. The fourth-order valence-corrected chi connectivity index (χ4v) is 9.23. The number of rotatable bonds is 11. The number of hydrogen-bond donors (Lipinski definition) is 2. The van der Waals surface area contributed by atoms with E-state index in [0.29, 0.717) is 49.4 Å². The molecule has 0 radical (unpaired) electrons. The molecule has 3 aromatic carbocycles. The van der Waals surface area contributed by atoms with Gasteiger partial charge in [-0.25, -0.2) is 0 Å². The van der Waals surface area contributed by atoms with E-state index in [-0.39, 0.29) is 49.7 Å². The molecular weight excluding hydrogens is 684 g/mol. The fourth-order valence-electron chi connectivity index (χ4n) is 9.23. The van der Waals surface area contributed by atoms with Crippen molar-refractivity contribution in [3.05, 3.63) is 89.5 Å². The van der Waals surface area contributed by atoms with Gasteiger partial charge in [-0.3, -0.25) is 19.2 Å². The molecule has 4 amide bonds. The van der Waals surface area contributed by atoms with Crippen molar-refractivity contribution in [2.45, 2.75) is 96.1 Å². The third-order valence-corrected chi connectivity index (χ3v) is 11.8. The standard InChI is InChI=1S/C43H52N4O7/c1-29-40(42(2,3)53)36(26-39(51)44(23-24-48)27-30-11-5-4-6-12-30)54-43(29)34-25-33(46-22-10-8-14-38(46)50)19-20-35(34)47(41(43)52)28-31-15-17-32(18-16-31)45-21-9-7-13-37(45)49/h4-6,11-12,15-20,25,29,36,40,48,53H,7-10,13-14,21-24,26-28H2,1-3H3/t29-,36+,40-,43+/m1/s1. The highest BCUT2D eigenvalue weighted by Gasteiger charge is 2.66. The second-order valence-electron chi connectivity index (χ2n) is 15.9. The van der Waals surface area contributed by atoms with Crippen LogP contribution in [0.15, 0.2) is 72.8 Å². The van der Waals surface area contributed by atoms with Crippen molar-refractivity contribution < 1.29 is 34.1 Å². The zero-order chi connectivity index (χ0) is 38.2. The van der Waals surface area contributed by atoms with Crippen LogP contribution >= 0.6 is 0 Å². The molecule has 0 aliphatic carbocycles. The Bertz CT molecular complexity index is 1880. The zero-order valence-corrected chi connectivity index (χ0v) is 31.6. The minimum Gasteiger partial charge on any atom is -0.395 e. The maximum Gasteiger partial charge on any atom is 0.264 e. The molecule has 0 aromatic heterocycles. The highest BCUT2D eigenvalue weighted by atomic mass is 16.5. The molecule has 0 bridgehead atoms. The summed E-state index contributed by atoms with van der Waals surface area (Å²) in [6, 6.07) is 23.0. The Hall–Kier alpha value is -4.58. The van der Waals surface area contributed by atoms with Gasteiger partial charge in [-0.15, -0.1) is 0 Å². The van der Waals surface area contributed by atoms with Gasteiger partial charge in [-0.05, 0) is 81.0 Å². The molecule has 0 unspecified atom stereocenters. The van der Waals surface area contributed by atoms with Gasteiger partial charge in [0, 0.05) is 67.8 Å². The molecule has 4 heterocycles. The monoisotopic (exact) mass is 736 g/mol. The third kappa shape index (κ3) is 7.05. The normalized spacial score (nSPS) is 24.4. The average Bonchev–Trinajstić information content (AvgIpc) is 3.58. The first-order valence-corrected chi connectivity index (χ1v) is 19.4. The van der Waals surface area contributed by atoms with Crippen molar-refractivity contribution in [1.82, 2.24) is 4.90 Å². The maximum atomic E-state index is 15.1. The summed E-state index contributed by atoms with van der Waals surface area (Å²) < 4.78 is 6.99. The van der Waals surface area contributed by atoms with Crippen molar-refractivity contribution in [1.29, 1.82) is 0 Å². The first kappa shape index (κ1) is 37.7. The molecule has 11 nitrogen and oxygen atoms in total. The minimum absolute atomic E-state index is 0.0318. The van der Waals surface area contributed by atoms with Gasteiger partial charge >= 0.3 is 0 Å². The van der Waals surface area contributed by atoms with Gasteiger partial charge in [0.15, 0.2) is 5.60 Å². The van der Waals surface area contributed by atoms with E-state index in [4.69, 9.17) is 4.74 Å². The van der Waals surface area contributed by atoms with Crippen molar-refractivity contribution in [2.24, 2.45) is 11.8 Å². The van der Waals surface area contributed by atoms with Crippen LogP contribution in [0.3, 0.4) is 0 Å². The highest BCUT2D eigenvalue weighted by molar-refractivity contribution is 6.08. The summed E-state index contributed by atoms with van der Waals surface area (Å²) in [5.74, 6) is -1.57. The molecule has 4 aliphatic rings. The Morgan fingerprint density at radius 2 is 1.50 bits per heavy atom. The lowest BCUT2D eigenvalue weighted by molar-refractivity contribution is -0.150. The highest BCUT2D eigenvalue weighted by Crippen LogP contribution is 2.58. The topological polar surface area (TPSA) is 131 Å². The molecule has 1 spiro atoms. The summed E-state index contributed by atoms with van der Waals surface area (Å²) in [6.07, 6.45) is 3.64. The number of carbonyl (C=O) groups is 4. The molecule has 3 saturated heterocycles. The maximum absolute atomic E-state index is 15.1. The van der Waals surface area contributed by atoms with E-state index in [2.05, 4.69) is 0 Å². The summed E-state index contributed by atoms with van der Waals surface area (Å²) in [7, 11) is 0. The van der Waals surface area contributed by atoms with E-state index in [1.54, 1.807) is 28.5 Å². The number of anilines is 3. The lowest BCUT2D eigenvalue weighted by Crippen LogP contribution is -2.46. The number of aliphatic hydroxyl groups excluding tert-OH is 1. The second kappa shape index (κ2) is 15.3. The third-order valence-electron chi connectivity index (χ3n) is 11.8. The number of hydrogen-bond acceptors (Lipinski definition) is 7. The van der Waals surface area contributed by atoms with Gasteiger partial charge in [0.25, 0.3) is 5.91 Å². The Kier molecular flexibility index (Phi) is 10.7. The summed E-state index contributed by atoms with van der Waals surface area (Å²) in [5, 5.41) is 21.6. The smallest absolute Gasteiger partial charge is 0.264 e. The molecule has 7 rings (SSSR count). The van der Waals surface area contributed by atoms with E-state index < -0.39 is 29.1 Å². The Labute approximate surface area is 317 Å². The first-order chi connectivity index (χ1) is 25.9. The quantitative estimate of drug-likeness (QED) is 0.274. The SMILES string of the molecule is C[C@@H]1[C@@H](C(C)(C)O)[C@H](CC(=O)N(CCO)Cc2ccccc2)O[C@@]12C(=O)N(Cc1ccc(N3CCCCC3=O)cc1)c1ccc(N3CCCCC3=O)cc12. The number of piperidine rings is 2. The van der Waals surface area contributed by atoms with Crippen molar-refractivity contribution in [3.8, 4) is 0 Å². The van der Waals surface area contributed by atoms with E-state index in [1.165, 1.54) is 0 Å². The van der Waals surface area contributed by atoms with Crippen molar-refractivity contribution in [3.63, 3.8) is 0 Å². The fraction of sp³-hybridized carbons (Fsp3) is 0.488. The van der Waals surface area contributed by atoms with E-state index >= 15 is 4.79 Å². The van der Waals surface area contributed by atoms with Crippen LogP contribution < -0.4 is 14.7 Å². The zero-order valence-electron chi connectivity index (χ0n) is 31.6. The van der Waals surface area contributed by atoms with Gasteiger partial charge in [0.1, 0.15) is 0 Å². The van der Waals surface area contributed by atoms with Gasteiger partial charge in [0.05, 0.1) is 37.0 Å². The predicted octanol–water partition coefficient (Wildman–Crippen LogP) is 5.30. The molecule has 3 fully saturated rings. The van der Waals surface area contributed by atoms with Crippen LogP contribution in [0.5, 0.6) is 0 Å². The van der Waals surface area contributed by atoms with Crippen LogP contribution in [0.25, 0.3) is 0 Å². The molecule has 2 N–H and O–H groups in total. The van der Waals surface area contributed by atoms with Crippen molar-refractivity contribution in [2.75, 3.05) is 40.9 Å². The summed E-state index contributed by atoms with van der Waals surface area (Å²) in [5.41, 5.74) is 1.71. The Morgan fingerprint density at radius 1 is 0.870 bits per heavy atom. The average molecular weight is 737 g/mol. The first-order valence-electron chi connectivity index (χ1n) is 19.4. The lowest BCUT2D eigenvalue weighted by Gasteiger charge is -2.34. The molecule has 11 heteroatoms. The molecular formula is C43H52N4O7. The molecule has 0 saturated carbocycles. The van der Waals surface area contributed by atoms with Crippen LogP contribution in [0.2, 0.25) is 0 Å². The van der Waals surface area contributed by atoms with E-state index in [9.17, 15) is 24.6 Å².